The molecule has 0 aliphatic heterocycles. The fourth-order valence-electron chi connectivity index (χ4n) is 2.61. The van der Waals surface area contributed by atoms with E-state index in [1.807, 2.05) is 18.7 Å². The fraction of sp³-hybridized carbons (Fsp3) is 0.571. The Hall–Kier alpha value is -1.62. The van der Waals surface area contributed by atoms with Crippen LogP contribution in [0.3, 0.4) is 0 Å². The number of aromatic nitrogens is 3. The summed E-state index contributed by atoms with van der Waals surface area (Å²) in [6.45, 7) is 2.81. The highest BCUT2D eigenvalue weighted by molar-refractivity contribution is 5.25. The Balaban J connectivity index is 1.57. The largest absolute Gasteiger partial charge is 0.361 e. The van der Waals surface area contributed by atoms with Crippen molar-refractivity contribution in [3.8, 4) is 0 Å². The van der Waals surface area contributed by atoms with Crippen molar-refractivity contribution in [1.82, 2.24) is 19.6 Å². The SMILES string of the molecule is CN(CCn1ccnc1)Cc1noc2c1CCCC2. The average molecular weight is 260 g/mol. The van der Waals surface area contributed by atoms with Crippen LogP contribution in [0.1, 0.15) is 29.9 Å². The van der Waals surface area contributed by atoms with Crippen LogP contribution < -0.4 is 0 Å². The van der Waals surface area contributed by atoms with E-state index in [1.165, 1.54) is 18.4 Å². The number of hydrogen-bond acceptors (Lipinski definition) is 4. The van der Waals surface area contributed by atoms with Gasteiger partial charge in [0.1, 0.15) is 11.5 Å². The zero-order valence-electron chi connectivity index (χ0n) is 11.4. The summed E-state index contributed by atoms with van der Waals surface area (Å²) in [5.74, 6) is 1.12. The van der Waals surface area contributed by atoms with Gasteiger partial charge in [0, 0.05) is 44.0 Å². The second-order valence-corrected chi connectivity index (χ2v) is 5.28. The lowest BCUT2D eigenvalue weighted by Crippen LogP contribution is -2.23. The van der Waals surface area contributed by atoms with Crippen molar-refractivity contribution in [3.05, 3.63) is 35.7 Å². The average Bonchev–Trinajstić information content (AvgIpc) is 3.07. The number of aryl methyl sites for hydroxylation is 1. The van der Waals surface area contributed by atoms with Gasteiger partial charge in [-0.2, -0.15) is 0 Å². The molecular weight excluding hydrogens is 240 g/mol. The molecule has 0 amide bonds. The zero-order chi connectivity index (χ0) is 13.1. The molecule has 0 atom stereocenters. The Morgan fingerprint density at radius 1 is 1.37 bits per heavy atom. The Kier molecular flexibility index (Phi) is 3.64. The molecule has 3 rings (SSSR count). The number of rotatable bonds is 5. The Morgan fingerprint density at radius 2 is 2.26 bits per heavy atom. The molecule has 5 nitrogen and oxygen atoms in total. The summed E-state index contributed by atoms with van der Waals surface area (Å²) in [5.41, 5.74) is 2.49. The van der Waals surface area contributed by atoms with Crippen LogP contribution in [-0.2, 0) is 25.9 Å². The predicted molar refractivity (Wildman–Crippen MR) is 71.7 cm³/mol. The first kappa shape index (κ1) is 12.4. The first-order chi connectivity index (χ1) is 9.33. The van der Waals surface area contributed by atoms with Crippen LogP contribution in [0.5, 0.6) is 0 Å². The first-order valence-electron chi connectivity index (χ1n) is 6.93. The van der Waals surface area contributed by atoms with Crippen LogP contribution in [0, 0.1) is 0 Å². The van der Waals surface area contributed by atoms with Crippen molar-refractivity contribution in [3.63, 3.8) is 0 Å². The van der Waals surface area contributed by atoms with Crippen molar-refractivity contribution in [2.75, 3.05) is 13.6 Å². The van der Waals surface area contributed by atoms with E-state index in [0.29, 0.717) is 0 Å². The zero-order valence-corrected chi connectivity index (χ0v) is 11.4. The summed E-state index contributed by atoms with van der Waals surface area (Å²) >= 11 is 0. The van der Waals surface area contributed by atoms with Gasteiger partial charge in [0.15, 0.2) is 0 Å². The molecule has 1 aliphatic carbocycles. The van der Waals surface area contributed by atoms with E-state index in [9.17, 15) is 0 Å². The highest BCUT2D eigenvalue weighted by Crippen LogP contribution is 2.24. The highest BCUT2D eigenvalue weighted by atomic mass is 16.5. The monoisotopic (exact) mass is 260 g/mol. The van der Waals surface area contributed by atoms with Gasteiger partial charge in [0.05, 0.1) is 6.33 Å². The molecule has 0 saturated carbocycles. The third-order valence-corrected chi connectivity index (χ3v) is 3.75. The lowest BCUT2D eigenvalue weighted by Gasteiger charge is -2.16. The number of likely N-dealkylation sites (N-methyl/N-ethyl adjacent to an activating group) is 1. The molecule has 0 bridgehead atoms. The molecule has 0 saturated heterocycles. The molecule has 0 N–H and O–H groups in total. The molecule has 19 heavy (non-hydrogen) atoms. The topological polar surface area (TPSA) is 47.1 Å². The van der Waals surface area contributed by atoms with Gasteiger partial charge in [-0.3, -0.25) is 4.90 Å². The minimum Gasteiger partial charge on any atom is -0.361 e. The Morgan fingerprint density at radius 3 is 3.11 bits per heavy atom. The van der Waals surface area contributed by atoms with Crippen molar-refractivity contribution < 1.29 is 4.52 Å². The normalized spacial score (nSPS) is 14.8. The molecule has 0 fully saturated rings. The van der Waals surface area contributed by atoms with E-state index < -0.39 is 0 Å². The molecule has 5 heteroatoms. The standard InChI is InChI=1S/C14H20N4O/c1-17(8-9-18-7-6-15-11-18)10-13-12-4-2-3-5-14(12)19-16-13/h6-7,11H,2-5,8-10H2,1H3. The maximum Gasteiger partial charge on any atom is 0.140 e. The van der Waals surface area contributed by atoms with Gasteiger partial charge in [-0.1, -0.05) is 5.16 Å². The third-order valence-electron chi connectivity index (χ3n) is 3.75. The van der Waals surface area contributed by atoms with E-state index in [2.05, 4.69) is 26.7 Å². The quantitative estimate of drug-likeness (QED) is 0.823. The molecule has 0 spiro atoms. The van der Waals surface area contributed by atoms with Gasteiger partial charge >= 0.3 is 0 Å². The molecule has 102 valence electrons. The van der Waals surface area contributed by atoms with Gasteiger partial charge in [-0.05, 0) is 26.3 Å². The van der Waals surface area contributed by atoms with Crippen LogP contribution in [0.15, 0.2) is 23.2 Å². The smallest absolute Gasteiger partial charge is 0.140 e. The van der Waals surface area contributed by atoms with Crippen molar-refractivity contribution in [2.45, 2.75) is 38.8 Å². The molecule has 2 aromatic heterocycles. The van der Waals surface area contributed by atoms with Crippen LogP contribution in [0.25, 0.3) is 0 Å². The maximum absolute atomic E-state index is 5.45. The molecule has 2 aromatic rings. The summed E-state index contributed by atoms with van der Waals surface area (Å²) in [5, 5.41) is 4.25. The summed E-state index contributed by atoms with van der Waals surface area (Å²) in [7, 11) is 2.13. The van der Waals surface area contributed by atoms with Gasteiger partial charge < -0.3 is 9.09 Å². The number of nitrogens with zero attached hydrogens (tertiary/aromatic N) is 4. The highest BCUT2D eigenvalue weighted by Gasteiger charge is 2.19. The van der Waals surface area contributed by atoms with Crippen molar-refractivity contribution >= 4 is 0 Å². The molecule has 0 aromatic carbocycles. The molecular formula is C14H20N4O. The summed E-state index contributed by atoms with van der Waals surface area (Å²) in [6.07, 6.45) is 10.3. The van der Waals surface area contributed by atoms with E-state index in [4.69, 9.17) is 4.52 Å². The lowest BCUT2D eigenvalue weighted by atomic mass is 9.96. The number of imidazole rings is 1. The minimum atomic E-state index is 0.869. The van der Waals surface area contributed by atoms with Crippen molar-refractivity contribution in [1.29, 1.82) is 0 Å². The van der Waals surface area contributed by atoms with E-state index in [-0.39, 0.29) is 0 Å². The summed E-state index contributed by atoms with van der Waals surface area (Å²) < 4.78 is 7.54. The molecule has 0 unspecified atom stereocenters. The molecule has 0 radical (unpaired) electrons. The van der Waals surface area contributed by atoms with Gasteiger partial charge in [0.25, 0.3) is 0 Å². The van der Waals surface area contributed by atoms with Crippen LogP contribution in [0.4, 0.5) is 0 Å². The predicted octanol–water partition coefficient (Wildman–Crippen LogP) is 1.88. The summed E-state index contributed by atoms with van der Waals surface area (Å²) in [6, 6.07) is 0. The summed E-state index contributed by atoms with van der Waals surface area (Å²) in [4.78, 5) is 6.34. The number of hydrogen-bond donors (Lipinski definition) is 0. The van der Waals surface area contributed by atoms with E-state index >= 15 is 0 Å². The van der Waals surface area contributed by atoms with E-state index in [1.54, 1.807) is 0 Å². The third kappa shape index (κ3) is 2.87. The van der Waals surface area contributed by atoms with E-state index in [0.717, 1.165) is 43.9 Å². The number of fused-ring (bicyclic) bond motifs is 1. The second kappa shape index (κ2) is 5.57. The van der Waals surface area contributed by atoms with Gasteiger partial charge in [-0.15, -0.1) is 0 Å². The minimum absolute atomic E-state index is 0.869. The Bertz CT molecular complexity index is 518. The fourth-order valence-corrected chi connectivity index (χ4v) is 2.61. The molecule has 2 heterocycles. The van der Waals surface area contributed by atoms with Crippen LogP contribution in [0.2, 0.25) is 0 Å². The van der Waals surface area contributed by atoms with Crippen LogP contribution >= 0.6 is 0 Å². The van der Waals surface area contributed by atoms with Crippen molar-refractivity contribution in [2.24, 2.45) is 0 Å². The second-order valence-electron chi connectivity index (χ2n) is 5.28. The van der Waals surface area contributed by atoms with Gasteiger partial charge in [-0.25, -0.2) is 4.98 Å². The molecule has 1 aliphatic rings. The van der Waals surface area contributed by atoms with Gasteiger partial charge in [0.2, 0.25) is 0 Å². The Labute approximate surface area is 113 Å². The maximum atomic E-state index is 5.45. The van der Waals surface area contributed by atoms with Crippen LogP contribution in [-0.4, -0.2) is 33.2 Å². The first-order valence-corrected chi connectivity index (χ1v) is 6.93. The lowest BCUT2D eigenvalue weighted by molar-refractivity contribution is 0.296.